The van der Waals surface area contributed by atoms with Crippen LogP contribution in [0.3, 0.4) is 0 Å². The average Bonchev–Trinajstić information content (AvgIpc) is 2.74. The van der Waals surface area contributed by atoms with Gasteiger partial charge in [0.05, 0.1) is 51.8 Å². The topological polar surface area (TPSA) is 88.1 Å². The predicted octanol–water partition coefficient (Wildman–Crippen LogP) is 2.80. The Kier molecular flexibility index (Phi) is 6.01. The van der Waals surface area contributed by atoms with Gasteiger partial charge in [-0.2, -0.15) is 0 Å². The number of hydrogen-bond donors (Lipinski definition) is 1. The second-order valence-electron chi connectivity index (χ2n) is 6.67. The first-order valence-corrected chi connectivity index (χ1v) is 8.75. The number of anilines is 1. The zero-order valence-corrected chi connectivity index (χ0v) is 16.4. The van der Waals surface area contributed by atoms with Crippen molar-refractivity contribution in [3.63, 3.8) is 0 Å². The van der Waals surface area contributed by atoms with E-state index in [4.69, 9.17) is 23.7 Å². The highest BCUT2D eigenvalue weighted by Crippen LogP contribution is 2.36. The van der Waals surface area contributed by atoms with Crippen molar-refractivity contribution < 1.29 is 28.5 Å². The van der Waals surface area contributed by atoms with Crippen molar-refractivity contribution in [2.45, 2.75) is 13.2 Å². The van der Waals surface area contributed by atoms with Gasteiger partial charge >= 0.3 is 0 Å². The second kappa shape index (κ2) is 8.45. The molecule has 150 valence electrons. The molecular weight excluding hydrogens is 364 g/mol. The lowest BCUT2D eigenvalue weighted by Gasteiger charge is -2.36. The number of carbonyl (C=O) groups is 1. The van der Waals surface area contributed by atoms with Crippen LogP contribution in [0.4, 0.5) is 5.69 Å². The summed E-state index contributed by atoms with van der Waals surface area (Å²) in [6.07, 6.45) is 0.959. The smallest absolute Gasteiger partial charge is 0.235 e. The largest absolute Gasteiger partial charge is 0.493 e. The first-order valence-electron chi connectivity index (χ1n) is 8.75. The quantitative estimate of drug-likeness (QED) is 0.814. The molecular formula is C20H24N2O6. The fraction of sp³-hybridized carbons (Fsp3) is 0.400. The Balaban J connectivity index is 1.63. The Morgan fingerprint density at radius 1 is 1.07 bits per heavy atom. The lowest BCUT2D eigenvalue weighted by molar-refractivity contribution is -0.226. The first kappa shape index (κ1) is 19.9. The van der Waals surface area contributed by atoms with Gasteiger partial charge in [0.2, 0.25) is 11.8 Å². The van der Waals surface area contributed by atoms with E-state index in [2.05, 4.69) is 10.3 Å². The SMILES string of the molecule is COc1ccc(NC(=O)C2(C)COC(c3ccc(OC)c(OC)c3)OC2)cn1. The van der Waals surface area contributed by atoms with E-state index < -0.39 is 11.7 Å². The number of aromatic nitrogens is 1. The molecule has 1 fully saturated rings. The highest BCUT2D eigenvalue weighted by atomic mass is 16.7. The molecule has 0 spiro atoms. The summed E-state index contributed by atoms with van der Waals surface area (Å²) in [7, 11) is 4.68. The van der Waals surface area contributed by atoms with Gasteiger partial charge < -0.3 is 29.0 Å². The lowest BCUT2D eigenvalue weighted by Crippen LogP contribution is -2.45. The number of pyridine rings is 1. The van der Waals surface area contributed by atoms with E-state index in [9.17, 15) is 4.79 Å². The van der Waals surface area contributed by atoms with Gasteiger partial charge in [-0.15, -0.1) is 0 Å². The van der Waals surface area contributed by atoms with Gasteiger partial charge in [-0.05, 0) is 25.1 Å². The standard InChI is InChI=1S/C20H24N2O6/c1-20(19(23)22-14-6-8-17(26-4)21-10-14)11-27-18(28-12-20)13-5-7-15(24-2)16(9-13)25-3/h5-10,18H,11-12H2,1-4H3,(H,22,23). The second-order valence-corrected chi connectivity index (χ2v) is 6.67. The summed E-state index contributed by atoms with van der Waals surface area (Å²) < 4.78 is 27.2. The molecule has 2 aromatic rings. The maximum absolute atomic E-state index is 12.7. The summed E-state index contributed by atoms with van der Waals surface area (Å²) in [6.45, 7) is 2.22. The normalized spacial score (nSPS) is 21.6. The van der Waals surface area contributed by atoms with Crippen molar-refractivity contribution in [3.8, 4) is 17.4 Å². The molecule has 3 rings (SSSR count). The predicted molar refractivity (Wildman–Crippen MR) is 102 cm³/mol. The molecule has 0 bridgehead atoms. The third-order valence-electron chi connectivity index (χ3n) is 4.54. The molecule has 0 radical (unpaired) electrons. The number of carbonyl (C=O) groups excluding carboxylic acids is 1. The Hall–Kier alpha value is -2.84. The van der Waals surface area contributed by atoms with Gasteiger partial charge in [-0.25, -0.2) is 4.98 Å². The molecule has 0 atom stereocenters. The van der Waals surface area contributed by atoms with Crippen LogP contribution in [0.1, 0.15) is 18.8 Å². The third-order valence-corrected chi connectivity index (χ3v) is 4.54. The molecule has 0 aliphatic carbocycles. The maximum atomic E-state index is 12.7. The molecule has 0 saturated carbocycles. The maximum Gasteiger partial charge on any atom is 0.235 e. The Labute approximate surface area is 163 Å². The van der Waals surface area contributed by atoms with Crippen molar-refractivity contribution >= 4 is 11.6 Å². The average molecular weight is 388 g/mol. The number of rotatable bonds is 6. The molecule has 8 nitrogen and oxygen atoms in total. The Morgan fingerprint density at radius 2 is 1.79 bits per heavy atom. The molecule has 1 saturated heterocycles. The number of benzene rings is 1. The minimum Gasteiger partial charge on any atom is -0.493 e. The Morgan fingerprint density at radius 3 is 2.36 bits per heavy atom. The molecule has 1 aromatic carbocycles. The van der Waals surface area contributed by atoms with Crippen LogP contribution in [0, 0.1) is 5.41 Å². The van der Waals surface area contributed by atoms with Crippen molar-refractivity contribution in [2.75, 3.05) is 39.9 Å². The van der Waals surface area contributed by atoms with E-state index >= 15 is 0 Å². The summed E-state index contributed by atoms with van der Waals surface area (Å²) in [5, 5.41) is 2.84. The van der Waals surface area contributed by atoms with Crippen molar-refractivity contribution in [1.82, 2.24) is 4.98 Å². The van der Waals surface area contributed by atoms with Crippen LogP contribution in [0.15, 0.2) is 36.5 Å². The van der Waals surface area contributed by atoms with E-state index in [1.165, 1.54) is 13.3 Å². The summed E-state index contributed by atoms with van der Waals surface area (Å²) >= 11 is 0. The number of methoxy groups -OCH3 is 3. The summed E-state index contributed by atoms with van der Waals surface area (Å²) in [5.41, 5.74) is 0.543. The molecule has 1 aliphatic rings. The Bertz CT molecular complexity index is 816. The van der Waals surface area contributed by atoms with E-state index in [1.54, 1.807) is 45.4 Å². The number of hydrogen-bond acceptors (Lipinski definition) is 7. The van der Waals surface area contributed by atoms with Crippen LogP contribution in [0.5, 0.6) is 17.4 Å². The summed E-state index contributed by atoms with van der Waals surface area (Å²) in [4.78, 5) is 16.8. The molecule has 1 N–H and O–H groups in total. The van der Waals surface area contributed by atoms with E-state index in [1.807, 2.05) is 6.07 Å². The van der Waals surface area contributed by atoms with Crippen LogP contribution >= 0.6 is 0 Å². The number of amides is 1. The first-order chi connectivity index (χ1) is 13.5. The summed E-state index contributed by atoms with van der Waals surface area (Å²) in [6, 6.07) is 8.84. The molecule has 1 aliphatic heterocycles. The van der Waals surface area contributed by atoms with Crippen molar-refractivity contribution in [1.29, 1.82) is 0 Å². The van der Waals surface area contributed by atoms with Crippen LogP contribution < -0.4 is 19.5 Å². The molecule has 1 aromatic heterocycles. The van der Waals surface area contributed by atoms with Gasteiger partial charge in [0.25, 0.3) is 0 Å². The summed E-state index contributed by atoms with van der Waals surface area (Å²) in [5.74, 6) is 1.49. The minimum atomic E-state index is -0.826. The van der Waals surface area contributed by atoms with Crippen LogP contribution in [-0.4, -0.2) is 45.4 Å². The molecule has 8 heteroatoms. The van der Waals surface area contributed by atoms with Crippen LogP contribution in [0.25, 0.3) is 0 Å². The van der Waals surface area contributed by atoms with E-state index in [0.717, 1.165) is 5.56 Å². The molecule has 1 amide bonds. The van der Waals surface area contributed by atoms with Gasteiger partial charge in [0.15, 0.2) is 17.8 Å². The van der Waals surface area contributed by atoms with E-state index in [-0.39, 0.29) is 19.1 Å². The third kappa shape index (κ3) is 4.18. The highest BCUT2D eigenvalue weighted by Gasteiger charge is 2.40. The number of ether oxygens (including phenoxy) is 5. The number of nitrogens with one attached hydrogen (secondary N) is 1. The van der Waals surface area contributed by atoms with Gasteiger partial charge in [-0.3, -0.25) is 4.79 Å². The zero-order chi connectivity index (χ0) is 20.1. The molecule has 0 unspecified atom stereocenters. The number of nitrogens with zero attached hydrogens (tertiary/aromatic N) is 1. The van der Waals surface area contributed by atoms with Gasteiger partial charge in [0, 0.05) is 11.6 Å². The van der Waals surface area contributed by atoms with Crippen LogP contribution in [0.2, 0.25) is 0 Å². The van der Waals surface area contributed by atoms with E-state index in [0.29, 0.717) is 23.1 Å². The van der Waals surface area contributed by atoms with Crippen molar-refractivity contribution in [2.24, 2.45) is 5.41 Å². The monoisotopic (exact) mass is 388 g/mol. The highest BCUT2D eigenvalue weighted by molar-refractivity contribution is 5.95. The minimum absolute atomic E-state index is 0.203. The fourth-order valence-corrected chi connectivity index (χ4v) is 2.79. The lowest BCUT2D eigenvalue weighted by atomic mass is 9.90. The fourth-order valence-electron chi connectivity index (χ4n) is 2.79. The zero-order valence-electron chi connectivity index (χ0n) is 16.4. The van der Waals surface area contributed by atoms with Crippen molar-refractivity contribution in [3.05, 3.63) is 42.1 Å². The van der Waals surface area contributed by atoms with Gasteiger partial charge in [0.1, 0.15) is 0 Å². The van der Waals surface area contributed by atoms with Crippen LogP contribution in [-0.2, 0) is 14.3 Å². The van der Waals surface area contributed by atoms with Gasteiger partial charge in [-0.1, -0.05) is 6.07 Å². The molecule has 28 heavy (non-hydrogen) atoms. The molecule has 2 heterocycles.